The van der Waals surface area contributed by atoms with Gasteiger partial charge in [-0.2, -0.15) is 0 Å². The summed E-state index contributed by atoms with van der Waals surface area (Å²) in [5.41, 5.74) is 4.08. The molecule has 0 spiro atoms. The highest BCUT2D eigenvalue weighted by Gasteiger charge is 2.51. The van der Waals surface area contributed by atoms with Crippen LogP contribution < -0.4 is 5.32 Å². The van der Waals surface area contributed by atoms with E-state index in [0.717, 1.165) is 29.1 Å². The summed E-state index contributed by atoms with van der Waals surface area (Å²) in [6, 6.07) is 15.9. The maximum atomic E-state index is 11.1. The van der Waals surface area contributed by atoms with Gasteiger partial charge in [-0.15, -0.1) is 0 Å². The molecule has 26 heavy (non-hydrogen) atoms. The Balaban J connectivity index is 1.36. The van der Waals surface area contributed by atoms with Crippen LogP contribution in [-0.2, 0) is 5.41 Å². The molecule has 0 atom stereocenters. The topological polar surface area (TPSA) is 49.3 Å². The van der Waals surface area contributed by atoms with Gasteiger partial charge < -0.3 is 10.4 Å². The number of nitrogens with one attached hydrogen (secondary N) is 1. The number of rotatable bonds is 4. The normalized spacial score (nSPS) is 31.8. The minimum absolute atomic E-state index is 0.306. The third kappa shape index (κ3) is 2.70. The second-order valence-electron chi connectivity index (χ2n) is 8.79. The number of carboxylic acids is 1. The van der Waals surface area contributed by atoms with Crippen LogP contribution in [0.4, 0.5) is 11.4 Å². The molecule has 4 bridgehead atoms. The van der Waals surface area contributed by atoms with Gasteiger partial charge in [0.05, 0.1) is 5.56 Å². The zero-order valence-electron chi connectivity index (χ0n) is 14.9. The Morgan fingerprint density at radius 3 is 2.08 bits per heavy atom. The van der Waals surface area contributed by atoms with E-state index in [2.05, 4.69) is 29.6 Å². The molecule has 2 N–H and O–H groups in total. The van der Waals surface area contributed by atoms with Crippen molar-refractivity contribution in [3.05, 3.63) is 59.7 Å². The first kappa shape index (κ1) is 15.9. The number of aromatic carboxylic acids is 1. The summed E-state index contributed by atoms with van der Waals surface area (Å²) < 4.78 is 0. The first-order valence-electron chi connectivity index (χ1n) is 9.81. The van der Waals surface area contributed by atoms with Crippen LogP contribution in [0.3, 0.4) is 0 Å². The highest BCUT2D eigenvalue weighted by molar-refractivity contribution is 5.89. The molecule has 2 aromatic rings. The van der Waals surface area contributed by atoms with Crippen molar-refractivity contribution in [2.45, 2.75) is 43.9 Å². The third-order valence-corrected chi connectivity index (χ3v) is 6.93. The van der Waals surface area contributed by atoms with Crippen LogP contribution >= 0.6 is 0 Å². The molecule has 4 saturated carbocycles. The van der Waals surface area contributed by atoms with E-state index in [1.54, 1.807) is 18.2 Å². The Morgan fingerprint density at radius 1 is 0.885 bits per heavy atom. The summed E-state index contributed by atoms with van der Waals surface area (Å²) in [5.74, 6) is 1.97. The van der Waals surface area contributed by atoms with Crippen molar-refractivity contribution in [1.82, 2.24) is 0 Å². The molecular formula is C23H25NO2. The number of benzene rings is 2. The zero-order chi connectivity index (χ0) is 17.7. The summed E-state index contributed by atoms with van der Waals surface area (Å²) in [7, 11) is 0. The van der Waals surface area contributed by atoms with Crippen LogP contribution in [0.15, 0.2) is 48.5 Å². The molecule has 3 heteroatoms. The van der Waals surface area contributed by atoms with Crippen molar-refractivity contribution in [1.29, 1.82) is 0 Å². The fraction of sp³-hybridized carbons (Fsp3) is 0.435. The second kappa shape index (κ2) is 5.87. The fourth-order valence-electron chi connectivity index (χ4n) is 6.27. The Kier molecular flexibility index (Phi) is 3.59. The van der Waals surface area contributed by atoms with Gasteiger partial charge in [0, 0.05) is 11.4 Å². The van der Waals surface area contributed by atoms with Gasteiger partial charge >= 0.3 is 5.97 Å². The standard InChI is InChI=1S/C23H25NO2/c25-22(26)18-2-1-3-21(11-18)24-20-6-4-19(5-7-20)23-12-15-8-16(13-23)10-17(9-15)14-23/h1-7,11,15-17,24H,8-10,12-14H2,(H,25,26). The van der Waals surface area contributed by atoms with E-state index in [4.69, 9.17) is 5.11 Å². The first-order valence-corrected chi connectivity index (χ1v) is 9.81. The van der Waals surface area contributed by atoms with E-state index >= 15 is 0 Å². The summed E-state index contributed by atoms with van der Waals surface area (Å²) >= 11 is 0. The molecular weight excluding hydrogens is 322 g/mol. The van der Waals surface area contributed by atoms with E-state index in [0.29, 0.717) is 11.0 Å². The predicted octanol–water partition coefficient (Wildman–Crippen LogP) is 5.60. The molecule has 0 amide bonds. The van der Waals surface area contributed by atoms with Crippen molar-refractivity contribution >= 4 is 17.3 Å². The first-order chi connectivity index (χ1) is 12.6. The lowest BCUT2D eigenvalue weighted by Crippen LogP contribution is -2.48. The van der Waals surface area contributed by atoms with Gasteiger partial charge in [0.2, 0.25) is 0 Å². The van der Waals surface area contributed by atoms with E-state index in [-0.39, 0.29) is 0 Å². The van der Waals surface area contributed by atoms with E-state index in [1.807, 2.05) is 6.07 Å². The van der Waals surface area contributed by atoms with Crippen LogP contribution in [0, 0.1) is 17.8 Å². The Bertz CT molecular complexity index is 804. The number of carbonyl (C=O) groups is 1. The predicted molar refractivity (Wildman–Crippen MR) is 103 cm³/mol. The summed E-state index contributed by atoms with van der Waals surface area (Å²) in [4.78, 5) is 11.1. The maximum Gasteiger partial charge on any atom is 0.335 e. The molecule has 134 valence electrons. The molecule has 0 aliphatic heterocycles. The highest BCUT2D eigenvalue weighted by atomic mass is 16.4. The lowest BCUT2D eigenvalue weighted by Gasteiger charge is -2.57. The average molecular weight is 347 g/mol. The summed E-state index contributed by atoms with van der Waals surface area (Å²) in [5, 5.41) is 12.5. The largest absolute Gasteiger partial charge is 0.478 e. The van der Waals surface area contributed by atoms with Gasteiger partial charge in [-0.3, -0.25) is 0 Å². The van der Waals surface area contributed by atoms with Crippen LogP contribution in [0.5, 0.6) is 0 Å². The summed E-state index contributed by atoms with van der Waals surface area (Å²) in [6.45, 7) is 0. The fourth-order valence-corrected chi connectivity index (χ4v) is 6.27. The molecule has 6 rings (SSSR count). The number of anilines is 2. The van der Waals surface area contributed by atoms with Gasteiger partial charge in [-0.25, -0.2) is 4.79 Å². The van der Waals surface area contributed by atoms with Crippen molar-refractivity contribution < 1.29 is 9.90 Å². The molecule has 0 unspecified atom stereocenters. The third-order valence-electron chi connectivity index (χ3n) is 6.93. The number of hydrogen-bond acceptors (Lipinski definition) is 2. The monoisotopic (exact) mass is 347 g/mol. The van der Waals surface area contributed by atoms with Crippen LogP contribution in [0.1, 0.15) is 54.4 Å². The van der Waals surface area contributed by atoms with Gasteiger partial charge in [0.15, 0.2) is 0 Å². The lowest BCUT2D eigenvalue weighted by molar-refractivity contribution is -0.00518. The molecule has 0 aromatic heterocycles. The van der Waals surface area contributed by atoms with Gasteiger partial charge in [0.1, 0.15) is 0 Å². The smallest absolute Gasteiger partial charge is 0.335 e. The van der Waals surface area contributed by atoms with E-state index in [9.17, 15) is 4.79 Å². The Hall–Kier alpha value is -2.29. The molecule has 2 aromatic carbocycles. The molecule has 4 fully saturated rings. The molecule has 4 aliphatic rings. The Morgan fingerprint density at radius 2 is 1.50 bits per heavy atom. The average Bonchev–Trinajstić information content (AvgIpc) is 2.61. The lowest BCUT2D eigenvalue weighted by atomic mass is 9.48. The molecule has 0 radical (unpaired) electrons. The molecule has 0 saturated heterocycles. The van der Waals surface area contributed by atoms with E-state index < -0.39 is 5.97 Å². The van der Waals surface area contributed by atoms with Gasteiger partial charge in [-0.05, 0) is 97.6 Å². The highest BCUT2D eigenvalue weighted by Crippen LogP contribution is 2.60. The zero-order valence-corrected chi connectivity index (χ0v) is 14.9. The van der Waals surface area contributed by atoms with Crippen molar-refractivity contribution in [2.24, 2.45) is 17.8 Å². The van der Waals surface area contributed by atoms with Crippen LogP contribution in [-0.4, -0.2) is 11.1 Å². The van der Waals surface area contributed by atoms with Crippen molar-refractivity contribution in [3.63, 3.8) is 0 Å². The number of carboxylic acid groups (broad SMARTS) is 1. The van der Waals surface area contributed by atoms with Gasteiger partial charge in [0.25, 0.3) is 0 Å². The molecule has 0 heterocycles. The molecule has 3 nitrogen and oxygen atoms in total. The minimum atomic E-state index is -0.897. The number of hydrogen-bond donors (Lipinski definition) is 2. The van der Waals surface area contributed by atoms with Crippen LogP contribution in [0.25, 0.3) is 0 Å². The van der Waals surface area contributed by atoms with Crippen LogP contribution in [0.2, 0.25) is 0 Å². The summed E-state index contributed by atoms with van der Waals surface area (Å²) in [6.07, 6.45) is 8.56. The quantitative estimate of drug-likeness (QED) is 0.757. The van der Waals surface area contributed by atoms with Gasteiger partial charge in [-0.1, -0.05) is 18.2 Å². The second-order valence-corrected chi connectivity index (χ2v) is 8.79. The van der Waals surface area contributed by atoms with Crippen molar-refractivity contribution in [3.8, 4) is 0 Å². The SMILES string of the molecule is O=C(O)c1cccc(Nc2ccc(C34CC5CC(CC(C5)C3)C4)cc2)c1. The molecule has 4 aliphatic carbocycles. The maximum absolute atomic E-state index is 11.1. The van der Waals surface area contributed by atoms with E-state index in [1.165, 1.54) is 44.1 Å². The minimum Gasteiger partial charge on any atom is -0.478 e. The Labute approximate surface area is 154 Å². The van der Waals surface area contributed by atoms with Crippen molar-refractivity contribution in [2.75, 3.05) is 5.32 Å².